The lowest BCUT2D eigenvalue weighted by Crippen LogP contribution is -2.24. The molecule has 1 rings (SSSR count). The van der Waals surface area contributed by atoms with E-state index in [1.807, 2.05) is 0 Å². The van der Waals surface area contributed by atoms with Gasteiger partial charge in [0.1, 0.15) is 6.79 Å². The Bertz CT molecular complexity index is 61.4. The van der Waals surface area contributed by atoms with Crippen molar-refractivity contribution in [2.24, 2.45) is 0 Å². The number of rotatable bonds is 1. The third-order valence-corrected chi connectivity index (χ3v) is 2.13. The number of hydrogen-bond acceptors (Lipinski definition) is 2. The minimum absolute atomic E-state index is 0.448. The second-order valence-electron chi connectivity index (χ2n) is 1.76. The lowest BCUT2D eigenvalue weighted by Gasteiger charge is -2.20. The molecule has 0 saturated carbocycles. The third kappa shape index (κ3) is 1.87. The van der Waals surface area contributed by atoms with Gasteiger partial charge in [0.15, 0.2) is 0 Å². The first-order chi connectivity index (χ1) is 3.93. The molecule has 0 bridgehead atoms. The highest BCUT2D eigenvalue weighted by Gasteiger charge is 2.10. The van der Waals surface area contributed by atoms with E-state index < -0.39 is 0 Å². The summed E-state index contributed by atoms with van der Waals surface area (Å²) in [5.74, 6) is 0. The Morgan fingerprint density at radius 3 is 2.88 bits per heavy atom. The van der Waals surface area contributed by atoms with E-state index in [2.05, 4.69) is 22.6 Å². The Kier molecular flexibility index (Phi) is 3.07. The summed E-state index contributed by atoms with van der Waals surface area (Å²) < 4.78 is 11.3. The van der Waals surface area contributed by atoms with Crippen LogP contribution in [0.5, 0.6) is 0 Å². The third-order valence-electron chi connectivity index (χ3n) is 1.14. The maximum Gasteiger partial charge on any atom is 0.147 e. The second-order valence-corrected chi connectivity index (χ2v) is 2.64. The molecule has 1 atom stereocenters. The summed E-state index contributed by atoms with van der Waals surface area (Å²) in [6.45, 7) is 1.36. The van der Waals surface area contributed by atoms with Crippen molar-refractivity contribution in [2.75, 3.05) is 17.8 Å². The van der Waals surface area contributed by atoms with Crippen LogP contribution in [0.3, 0.4) is 0 Å². The molecular formula is C5H9IO2. The molecule has 3 heteroatoms. The highest BCUT2D eigenvalue weighted by molar-refractivity contribution is 14.1. The summed E-state index contributed by atoms with van der Waals surface area (Å²) in [6, 6.07) is 0. The molecule has 2 nitrogen and oxygen atoms in total. The fourth-order valence-electron chi connectivity index (χ4n) is 0.623. The van der Waals surface area contributed by atoms with Gasteiger partial charge in [-0.25, -0.2) is 0 Å². The van der Waals surface area contributed by atoms with Crippen LogP contribution in [-0.2, 0) is 9.47 Å². The molecule has 48 valence electrons. The van der Waals surface area contributed by atoms with Gasteiger partial charge in [-0.3, -0.25) is 0 Å². The fourth-order valence-corrected chi connectivity index (χ4v) is 1.32. The standard InChI is InChI=1S/C5H9IO2/c6-3-5-1-2-7-4-8-5/h5H,1-4H2. The van der Waals surface area contributed by atoms with Gasteiger partial charge < -0.3 is 9.47 Å². The van der Waals surface area contributed by atoms with Crippen LogP contribution < -0.4 is 0 Å². The first kappa shape index (κ1) is 6.77. The van der Waals surface area contributed by atoms with Gasteiger partial charge >= 0.3 is 0 Å². The Morgan fingerprint density at radius 1 is 1.62 bits per heavy atom. The maximum atomic E-state index is 5.20. The molecule has 0 amide bonds. The second kappa shape index (κ2) is 3.63. The van der Waals surface area contributed by atoms with Gasteiger partial charge in [0.05, 0.1) is 12.7 Å². The van der Waals surface area contributed by atoms with E-state index in [1.54, 1.807) is 0 Å². The molecule has 1 heterocycles. The maximum absolute atomic E-state index is 5.20. The summed E-state index contributed by atoms with van der Waals surface area (Å²) in [4.78, 5) is 0. The zero-order chi connectivity index (χ0) is 5.82. The minimum atomic E-state index is 0.448. The van der Waals surface area contributed by atoms with Crippen molar-refractivity contribution in [3.63, 3.8) is 0 Å². The van der Waals surface area contributed by atoms with Crippen molar-refractivity contribution < 1.29 is 9.47 Å². The van der Waals surface area contributed by atoms with E-state index >= 15 is 0 Å². The van der Waals surface area contributed by atoms with Crippen molar-refractivity contribution in [2.45, 2.75) is 12.5 Å². The number of alkyl halides is 1. The predicted molar refractivity (Wildman–Crippen MR) is 39.2 cm³/mol. The van der Waals surface area contributed by atoms with Gasteiger partial charge in [-0.05, 0) is 6.42 Å². The van der Waals surface area contributed by atoms with Gasteiger partial charge in [-0.2, -0.15) is 0 Å². The summed E-state index contributed by atoms with van der Waals surface area (Å²) in [5.41, 5.74) is 0. The molecule has 0 aromatic heterocycles. The number of ether oxygens (including phenoxy) is 2. The molecule has 0 aliphatic carbocycles. The molecule has 0 aromatic rings. The van der Waals surface area contributed by atoms with Gasteiger partial charge in [-0.15, -0.1) is 0 Å². The summed E-state index contributed by atoms with van der Waals surface area (Å²) in [7, 11) is 0. The number of hydrogen-bond donors (Lipinski definition) is 0. The van der Waals surface area contributed by atoms with Crippen molar-refractivity contribution >= 4 is 22.6 Å². The summed E-state index contributed by atoms with van der Waals surface area (Å²) >= 11 is 2.33. The van der Waals surface area contributed by atoms with Gasteiger partial charge in [0.2, 0.25) is 0 Å². The van der Waals surface area contributed by atoms with Crippen molar-refractivity contribution in [3.8, 4) is 0 Å². The highest BCUT2D eigenvalue weighted by atomic mass is 127. The zero-order valence-electron chi connectivity index (χ0n) is 4.60. The Morgan fingerprint density at radius 2 is 2.50 bits per heavy atom. The summed E-state index contributed by atoms with van der Waals surface area (Å²) in [6.07, 6.45) is 1.51. The van der Waals surface area contributed by atoms with Crippen LogP contribution in [0.1, 0.15) is 6.42 Å². The van der Waals surface area contributed by atoms with Gasteiger partial charge in [-0.1, -0.05) is 22.6 Å². The molecule has 1 fully saturated rings. The lowest BCUT2D eigenvalue weighted by molar-refractivity contribution is -0.129. The fraction of sp³-hybridized carbons (Fsp3) is 1.00. The SMILES string of the molecule is ICC1CCOCO1. The normalized spacial score (nSPS) is 30.4. The van der Waals surface area contributed by atoms with Crippen LogP contribution in [0, 0.1) is 0 Å². The average molecular weight is 228 g/mol. The summed E-state index contributed by atoms with van der Waals surface area (Å²) in [5, 5.41) is 0. The van der Waals surface area contributed by atoms with E-state index in [1.165, 1.54) is 0 Å². The molecular weight excluding hydrogens is 219 g/mol. The lowest BCUT2D eigenvalue weighted by atomic mass is 10.3. The minimum Gasteiger partial charge on any atom is -0.355 e. The molecule has 1 saturated heterocycles. The van der Waals surface area contributed by atoms with E-state index in [0.29, 0.717) is 12.9 Å². The van der Waals surface area contributed by atoms with Crippen LogP contribution in [0.4, 0.5) is 0 Å². The van der Waals surface area contributed by atoms with Gasteiger partial charge in [0, 0.05) is 4.43 Å². The topological polar surface area (TPSA) is 18.5 Å². The monoisotopic (exact) mass is 228 g/mol. The van der Waals surface area contributed by atoms with Crippen molar-refractivity contribution in [1.29, 1.82) is 0 Å². The van der Waals surface area contributed by atoms with E-state index in [0.717, 1.165) is 17.5 Å². The molecule has 8 heavy (non-hydrogen) atoms. The van der Waals surface area contributed by atoms with Crippen LogP contribution in [0.15, 0.2) is 0 Å². The van der Waals surface area contributed by atoms with E-state index in [-0.39, 0.29) is 0 Å². The quantitative estimate of drug-likeness (QED) is 0.495. The van der Waals surface area contributed by atoms with E-state index in [9.17, 15) is 0 Å². The van der Waals surface area contributed by atoms with Gasteiger partial charge in [0.25, 0.3) is 0 Å². The van der Waals surface area contributed by atoms with Crippen LogP contribution in [0.2, 0.25) is 0 Å². The number of halogens is 1. The molecule has 0 spiro atoms. The average Bonchev–Trinajstić information content (AvgIpc) is 1.90. The van der Waals surface area contributed by atoms with Crippen molar-refractivity contribution in [3.05, 3.63) is 0 Å². The first-order valence-electron chi connectivity index (χ1n) is 2.69. The molecule has 1 aliphatic rings. The first-order valence-corrected chi connectivity index (χ1v) is 4.21. The predicted octanol–water partition coefficient (Wildman–Crippen LogP) is 1.18. The molecule has 1 aliphatic heterocycles. The Labute approximate surface area is 62.7 Å². The van der Waals surface area contributed by atoms with E-state index in [4.69, 9.17) is 9.47 Å². The molecule has 1 unspecified atom stereocenters. The van der Waals surface area contributed by atoms with Crippen LogP contribution in [-0.4, -0.2) is 23.9 Å². The smallest absolute Gasteiger partial charge is 0.147 e. The van der Waals surface area contributed by atoms with Crippen LogP contribution in [0.25, 0.3) is 0 Å². The largest absolute Gasteiger partial charge is 0.355 e. The Hall–Kier alpha value is 0.650. The highest BCUT2D eigenvalue weighted by Crippen LogP contribution is 2.07. The zero-order valence-corrected chi connectivity index (χ0v) is 6.76. The van der Waals surface area contributed by atoms with Crippen LogP contribution >= 0.6 is 22.6 Å². The molecule has 0 aromatic carbocycles. The van der Waals surface area contributed by atoms with Crippen molar-refractivity contribution in [1.82, 2.24) is 0 Å². The Balaban J connectivity index is 2.13. The molecule has 0 radical (unpaired) electrons. The molecule has 0 N–H and O–H groups in total.